The highest BCUT2D eigenvalue weighted by atomic mass is 32.1. The average molecular weight is 266 g/mol. The van der Waals surface area contributed by atoms with Crippen LogP contribution in [0, 0.1) is 0 Å². The van der Waals surface area contributed by atoms with Crippen molar-refractivity contribution in [3.05, 3.63) is 22.4 Å². The molecular formula is C15H26N2S. The summed E-state index contributed by atoms with van der Waals surface area (Å²) >= 11 is 1.86. The van der Waals surface area contributed by atoms with Gasteiger partial charge in [-0.15, -0.1) is 11.3 Å². The summed E-state index contributed by atoms with van der Waals surface area (Å²) in [5.74, 6) is 0. The van der Waals surface area contributed by atoms with E-state index < -0.39 is 0 Å². The average Bonchev–Trinajstić information content (AvgIpc) is 3.06. The molecule has 1 aliphatic carbocycles. The third-order valence-electron chi connectivity index (χ3n) is 4.32. The van der Waals surface area contributed by atoms with Crippen molar-refractivity contribution in [1.82, 2.24) is 10.2 Å². The first-order valence-corrected chi connectivity index (χ1v) is 8.05. The van der Waals surface area contributed by atoms with E-state index in [0.717, 1.165) is 12.6 Å². The molecule has 2 atom stereocenters. The second kappa shape index (κ2) is 6.69. The van der Waals surface area contributed by atoms with Gasteiger partial charge in [-0.3, -0.25) is 4.90 Å². The van der Waals surface area contributed by atoms with Gasteiger partial charge in [0, 0.05) is 29.5 Å². The molecule has 2 nitrogen and oxygen atoms in total. The number of likely N-dealkylation sites (N-methyl/N-ethyl adjacent to an activating group) is 1. The minimum absolute atomic E-state index is 0.519. The lowest BCUT2D eigenvalue weighted by molar-refractivity contribution is 0.192. The van der Waals surface area contributed by atoms with Gasteiger partial charge in [0.1, 0.15) is 0 Å². The molecule has 1 heterocycles. The Hall–Kier alpha value is -0.380. The molecule has 2 unspecified atom stereocenters. The van der Waals surface area contributed by atoms with Crippen LogP contribution in [-0.4, -0.2) is 30.6 Å². The molecule has 1 aromatic heterocycles. The van der Waals surface area contributed by atoms with Gasteiger partial charge in [0.15, 0.2) is 0 Å². The molecule has 1 fully saturated rings. The Morgan fingerprint density at radius 3 is 2.72 bits per heavy atom. The Labute approximate surface area is 115 Å². The molecule has 1 N–H and O–H groups in total. The predicted octanol–water partition coefficient (Wildman–Crippen LogP) is 3.66. The number of nitrogens with zero attached hydrogens (tertiary/aromatic N) is 1. The Kier molecular flexibility index (Phi) is 5.22. The third kappa shape index (κ3) is 3.56. The molecule has 0 spiro atoms. The molecule has 0 saturated heterocycles. The standard InChI is InChI=1S/C15H26N2S/c1-12(11-16-14-7-4-5-8-14)17(3)13(2)15-9-6-10-18-15/h6,9-10,12-14,16H,4-5,7-8,11H2,1-3H3. The van der Waals surface area contributed by atoms with Crippen molar-refractivity contribution >= 4 is 11.3 Å². The molecule has 0 aromatic carbocycles. The topological polar surface area (TPSA) is 15.3 Å². The fourth-order valence-electron chi connectivity index (χ4n) is 2.72. The minimum Gasteiger partial charge on any atom is -0.312 e. The first-order chi connectivity index (χ1) is 8.68. The van der Waals surface area contributed by atoms with Gasteiger partial charge in [-0.05, 0) is 45.2 Å². The van der Waals surface area contributed by atoms with Crippen molar-refractivity contribution < 1.29 is 0 Å². The molecule has 2 rings (SSSR count). The smallest absolute Gasteiger partial charge is 0.0413 e. The van der Waals surface area contributed by atoms with E-state index >= 15 is 0 Å². The van der Waals surface area contributed by atoms with Crippen molar-refractivity contribution in [3.63, 3.8) is 0 Å². The van der Waals surface area contributed by atoms with E-state index in [9.17, 15) is 0 Å². The lowest BCUT2D eigenvalue weighted by Gasteiger charge is -2.31. The quantitative estimate of drug-likeness (QED) is 0.845. The molecule has 0 bridgehead atoms. The zero-order valence-corrected chi connectivity index (χ0v) is 12.7. The summed E-state index contributed by atoms with van der Waals surface area (Å²) in [6.07, 6.45) is 5.56. The molecule has 0 amide bonds. The maximum Gasteiger partial charge on any atom is 0.0413 e. The Bertz CT molecular complexity index is 330. The zero-order chi connectivity index (χ0) is 13.0. The van der Waals surface area contributed by atoms with Crippen molar-refractivity contribution in [2.45, 2.75) is 57.7 Å². The van der Waals surface area contributed by atoms with E-state index in [4.69, 9.17) is 0 Å². The number of nitrogens with one attached hydrogen (secondary N) is 1. The normalized spacial score (nSPS) is 20.4. The van der Waals surface area contributed by atoms with Gasteiger partial charge in [-0.25, -0.2) is 0 Å². The predicted molar refractivity (Wildman–Crippen MR) is 80.2 cm³/mol. The molecule has 0 radical (unpaired) electrons. The largest absolute Gasteiger partial charge is 0.312 e. The summed E-state index contributed by atoms with van der Waals surface area (Å²) < 4.78 is 0. The van der Waals surface area contributed by atoms with Crippen LogP contribution in [0.3, 0.4) is 0 Å². The van der Waals surface area contributed by atoms with Crippen LogP contribution in [0.5, 0.6) is 0 Å². The fraction of sp³-hybridized carbons (Fsp3) is 0.733. The number of hydrogen-bond donors (Lipinski definition) is 1. The van der Waals surface area contributed by atoms with Crippen LogP contribution in [0.25, 0.3) is 0 Å². The summed E-state index contributed by atoms with van der Waals surface area (Å²) in [4.78, 5) is 3.94. The highest BCUT2D eigenvalue weighted by molar-refractivity contribution is 7.10. The lowest BCUT2D eigenvalue weighted by atomic mass is 10.1. The van der Waals surface area contributed by atoms with Gasteiger partial charge in [0.25, 0.3) is 0 Å². The van der Waals surface area contributed by atoms with Crippen LogP contribution in [-0.2, 0) is 0 Å². The number of hydrogen-bond acceptors (Lipinski definition) is 3. The summed E-state index contributed by atoms with van der Waals surface area (Å²) in [5.41, 5.74) is 0. The summed E-state index contributed by atoms with van der Waals surface area (Å²) in [6.45, 7) is 5.74. The van der Waals surface area contributed by atoms with Crippen molar-refractivity contribution in [3.8, 4) is 0 Å². The van der Waals surface area contributed by atoms with E-state index in [2.05, 4.69) is 48.6 Å². The van der Waals surface area contributed by atoms with E-state index in [1.54, 1.807) is 0 Å². The summed E-state index contributed by atoms with van der Waals surface area (Å²) in [5, 5.41) is 5.89. The van der Waals surface area contributed by atoms with Gasteiger partial charge in [-0.1, -0.05) is 18.9 Å². The second-order valence-corrected chi connectivity index (χ2v) is 6.57. The lowest BCUT2D eigenvalue weighted by Crippen LogP contribution is -2.41. The van der Waals surface area contributed by atoms with Crippen molar-refractivity contribution in [2.75, 3.05) is 13.6 Å². The van der Waals surface area contributed by atoms with Gasteiger partial charge >= 0.3 is 0 Å². The second-order valence-electron chi connectivity index (χ2n) is 5.60. The molecule has 0 aliphatic heterocycles. The van der Waals surface area contributed by atoms with Gasteiger partial charge in [-0.2, -0.15) is 0 Å². The summed E-state index contributed by atoms with van der Waals surface area (Å²) in [7, 11) is 2.24. The van der Waals surface area contributed by atoms with E-state index in [-0.39, 0.29) is 0 Å². The molecule has 3 heteroatoms. The van der Waals surface area contributed by atoms with Crippen molar-refractivity contribution in [1.29, 1.82) is 0 Å². The highest BCUT2D eigenvalue weighted by Gasteiger charge is 2.20. The molecule has 1 aromatic rings. The van der Waals surface area contributed by atoms with Crippen molar-refractivity contribution in [2.24, 2.45) is 0 Å². The van der Waals surface area contributed by atoms with Gasteiger partial charge in [0.2, 0.25) is 0 Å². The first kappa shape index (κ1) is 14.0. The number of thiophene rings is 1. The Morgan fingerprint density at radius 2 is 2.11 bits per heavy atom. The van der Waals surface area contributed by atoms with E-state index in [1.165, 1.54) is 30.6 Å². The maximum atomic E-state index is 3.72. The Balaban J connectivity index is 1.78. The molecule has 18 heavy (non-hydrogen) atoms. The van der Waals surface area contributed by atoms with Crippen LogP contribution in [0.4, 0.5) is 0 Å². The monoisotopic (exact) mass is 266 g/mol. The Morgan fingerprint density at radius 1 is 1.39 bits per heavy atom. The van der Waals surface area contributed by atoms with Crippen LogP contribution in [0.15, 0.2) is 17.5 Å². The molecular weight excluding hydrogens is 240 g/mol. The minimum atomic E-state index is 0.519. The zero-order valence-electron chi connectivity index (χ0n) is 11.9. The SMILES string of the molecule is CC(CNC1CCCC1)N(C)C(C)c1cccs1. The molecule has 102 valence electrons. The molecule has 1 saturated carbocycles. The van der Waals surface area contributed by atoms with E-state index in [1.807, 2.05) is 11.3 Å². The highest BCUT2D eigenvalue weighted by Crippen LogP contribution is 2.25. The maximum absolute atomic E-state index is 3.72. The van der Waals surface area contributed by atoms with Crippen LogP contribution >= 0.6 is 11.3 Å². The van der Waals surface area contributed by atoms with Gasteiger partial charge < -0.3 is 5.32 Å². The number of rotatable bonds is 6. The summed E-state index contributed by atoms with van der Waals surface area (Å²) in [6, 6.07) is 6.26. The van der Waals surface area contributed by atoms with Crippen LogP contribution in [0.2, 0.25) is 0 Å². The third-order valence-corrected chi connectivity index (χ3v) is 5.36. The van der Waals surface area contributed by atoms with E-state index in [0.29, 0.717) is 12.1 Å². The first-order valence-electron chi connectivity index (χ1n) is 7.17. The van der Waals surface area contributed by atoms with Gasteiger partial charge in [0.05, 0.1) is 0 Å². The van der Waals surface area contributed by atoms with Crippen LogP contribution in [0.1, 0.15) is 50.4 Å². The van der Waals surface area contributed by atoms with Crippen LogP contribution < -0.4 is 5.32 Å². The molecule has 1 aliphatic rings. The fourth-order valence-corrected chi connectivity index (χ4v) is 3.56.